The van der Waals surface area contributed by atoms with Crippen molar-refractivity contribution in [2.24, 2.45) is 41.4 Å². The molecule has 1 heterocycles. The van der Waals surface area contributed by atoms with Gasteiger partial charge in [0, 0.05) is 6.04 Å². The van der Waals surface area contributed by atoms with Crippen molar-refractivity contribution >= 4 is 0 Å². The Balaban J connectivity index is 1.28. The Labute approximate surface area is 224 Å². The van der Waals surface area contributed by atoms with E-state index in [1.54, 1.807) is 0 Å². The van der Waals surface area contributed by atoms with E-state index in [2.05, 4.69) is 25.3 Å². The summed E-state index contributed by atoms with van der Waals surface area (Å²) in [6, 6.07) is 0.705. The van der Waals surface area contributed by atoms with E-state index in [1.165, 1.54) is 64.5 Å². The van der Waals surface area contributed by atoms with Crippen LogP contribution < -0.4 is 0 Å². The van der Waals surface area contributed by atoms with E-state index in [9.17, 15) is 18.3 Å². The van der Waals surface area contributed by atoms with Crippen LogP contribution in [0.2, 0.25) is 0 Å². The third-order valence-corrected chi connectivity index (χ3v) is 11.3. The molecular weight excluding hydrogens is 471 g/mol. The SMILES string of the molecule is C=C(C1CCC(CCC2CCCC(N3CCCCC3)CC2)C(C(F)(F)F)C1)C(O)C1CCC(C)C(C)C1. The molecule has 0 aromatic heterocycles. The van der Waals surface area contributed by atoms with Crippen LogP contribution in [0, 0.1) is 41.4 Å². The third kappa shape index (κ3) is 7.77. The van der Waals surface area contributed by atoms with E-state index in [4.69, 9.17) is 0 Å². The topological polar surface area (TPSA) is 23.5 Å². The van der Waals surface area contributed by atoms with Crippen LogP contribution in [0.5, 0.6) is 0 Å². The van der Waals surface area contributed by atoms with Crippen LogP contribution >= 0.6 is 0 Å². The van der Waals surface area contributed by atoms with Crippen molar-refractivity contribution in [1.82, 2.24) is 4.90 Å². The van der Waals surface area contributed by atoms with Gasteiger partial charge in [0.15, 0.2) is 0 Å². The molecule has 37 heavy (non-hydrogen) atoms. The summed E-state index contributed by atoms with van der Waals surface area (Å²) in [6.07, 6.45) is 11.5. The maximum Gasteiger partial charge on any atom is 0.392 e. The van der Waals surface area contributed by atoms with Crippen LogP contribution in [0.25, 0.3) is 0 Å². The smallest absolute Gasteiger partial charge is 0.388 e. The Hall–Kier alpha value is -0.550. The molecule has 0 radical (unpaired) electrons. The Morgan fingerprint density at radius 1 is 0.838 bits per heavy atom. The molecule has 4 rings (SSSR count). The van der Waals surface area contributed by atoms with Gasteiger partial charge < -0.3 is 10.0 Å². The zero-order valence-corrected chi connectivity index (χ0v) is 23.7. The molecular formula is C32H54F3NO. The number of rotatable bonds is 7. The highest BCUT2D eigenvalue weighted by molar-refractivity contribution is 5.11. The predicted octanol–water partition coefficient (Wildman–Crippen LogP) is 8.79. The van der Waals surface area contributed by atoms with Crippen molar-refractivity contribution in [1.29, 1.82) is 0 Å². The summed E-state index contributed by atoms with van der Waals surface area (Å²) in [5.74, 6) is 0.254. The second-order valence-corrected chi connectivity index (χ2v) is 13.7. The highest BCUT2D eigenvalue weighted by Crippen LogP contribution is 2.49. The van der Waals surface area contributed by atoms with Gasteiger partial charge in [-0.05, 0) is 125 Å². The minimum Gasteiger partial charge on any atom is -0.388 e. The molecule has 5 heteroatoms. The Kier molecular flexibility index (Phi) is 10.5. The van der Waals surface area contributed by atoms with E-state index >= 15 is 0 Å². The first-order chi connectivity index (χ1) is 17.6. The minimum absolute atomic E-state index is 0.129. The predicted molar refractivity (Wildman–Crippen MR) is 146 cm³/mol. The molecule has 0 bridgehead atoms. The number of likely N-dealkylation sites (tertiary alicyclic amines) is 1. The van der Waals surface area contributed by atoms with Crippen molar-refractivity contribution in [2.45, 2.75) is 135 Å². The first-order valence-corrected chi connectivity index (χ1v) is 15.8. The van der Waals surface area contributed by atoms with Gasteiger partial charge in [-0.1, -0.05) is 52.5 Å². The monoisotopic (exact) mass is 525 g/mol. The minimum atomic E-state index is -4.16. The normalized spacial score (nSPS) is 39.6. The molecule has 214 valence electrons. The van der Waals surface area contributed by atoms with E-state index in [-0.39, 0.29) is 24.2 Å². The van der Waals surface area contributed by atoms with Gasteiger partial charge in [-0.25, -0.2) is 0 Å². The Morgan fingerprint density at radius 2 is 1.59 bits per heavy atom. The quantitative estimate of drug-likeness (QED) is 0.265. The van der Waals surface area contributed by atoms with Gasteiger partial charge >= 0.3 is 6.18 Å². The molecule has 1 aliphatic heterocycles. The largest absolute Gasteiger partial charge is 0.392 e. The average Bonchev–Trinajstić information content (AvgIpc) is 3.14. The van der Waals surface area contributed by atoms with Crippen LogP contribution in [-0.4, -0.2) is 41.4 Å². The maximum absolute atomic E-state index is 14.3. The number of halogens is 3. The van der Waals surface area contributed by atoms with E-state index in [1.807, 2.05) is 0 Å². The van der Waals surface area contributed by atoms with Crippen molar-refractivity contribution in [3.8, 4) is 0 Å². The average molecular weight is 526 g/mol. The summed E-state index contributed by atoms with van der Waals surface area (Å²) >= 11 is 0. The number of aliphatic hydroxyl groups is 1. The molecule has 1 N–H and O–H groups in total. The molecule has 4 aliphatic rings. The summed E-state index contributed by atoms with van der Waals surface area (Å²) in [5.41, 5.74) is 0.687. The molecule has 9 atom stereocenters. The first-order valence-electron chi connectivity index (χ1n) is 15.8. The van der Waals surface area contributed by atoms with Crippen molar-refractivity contribution in [3.63, 3.8) is 0 Å². The molecule has 3 aliphatic carbocycles. The van der Waals surface area contributed by atoms with Crippen LogP contribution in [-0.2, 0) is 0 Å². The van der Waals surface area contributed by atoms with Crippen molar-refractivity contribution in [2.75, 3.05) is 13.1 Å². The highest BCUT2D eigenvalue weighted by atomic mass is 19.4. The van der Waals surface area contributed by atoms with Crippen LogP contribution in [0.4, 0.5) is 13.2 Å². The lowest BCUT2D eigenvalue weighted by Crippen LogP contribution is -2.39. The number of hydrogen-bond acceptors (Lipinski definition) is 2. The molecule has 0 aromatic carbocycles. The molecule has 1 saturated heterocycles. The van der Waals surface area contributed by atoms with Gasteiger partial charge in [0.2, 0.25) is 0 Å². The number of nitrogens with zero attached hydrogens (tertiary/aromatic N) is 1. The molecule has 4 fully saturated rings. The lowest BCUT2D eigenvalue weighted by Gasteiger charge is -2.41. The number of alkyl halides is 3. The standard InChI is InChI=1S/C32H54F3NO/c1-22-10-13-28(20-23(22)2)31(37)24(3)27-16-15-26(30(21-27)32(33,34)35)14-11-25-8-7-9-29(17-12-25)36-18-5-4-6-19-36/h22-23,25-31,37H,3-21H2,1-2H3. The molecule has 0 spiro atoms. The van der Waals surface area contributed by atoms with Crippen LogP contribution in [0.1, 0.15) is 117 Å². The summed E-state index contributed by atoms with van der Waals surface area (Å²) in [4.78, 5) is 2.70. The van der Waals surface area contributed by atoms with Crippen LogP contribution in [0.3, 0.4) is 0 Å². The lowest BCUT2D eigenvalue weighted by atomic mass is 9.66. The molecule has 0 aromatic rings. The summed E-state index contributed by atoms with van der Waals surface area (Å²) < 4.78 is 42.8. The Morgan fingerprint density at radius 3 is 2.30 bits per heavy atom. The molecule has 3 saturated carbocycles. The van der Waals surface area contributed by atoms with Gasteiger partial charge in [0.25, 0.3) is 0 Å². The fourth-order valence-electron chi connectivity index (χ4n) is 8.48. The third-order valence-electron chi connectivity index (χ3n) is 11.3. The number of aliphatic hydroxyl groups excluding tert-OH is 1. The van der Waals surface area contributed by atoms with Crippen LogP contribution in [0.15, 0.2) is 12.2 Å². The molecule has 9 unspecified atom stereocenters. The van der Waals surface area contributed by atoms with Crippen molar-refractivity contribution in [3.05, 3.63) is 12.2 Å². The first kappa shape index (κ1) is 29.4. The number of piperidine rings is 1. The van der Waals surface area contributed by atoms with Crippen molar-refractivity contribution < 1.29 is 18.3 Å². The van der Waals surface area contributed by atoms with Gasteiger partial charge in [-0.2, -0.15) is 13.2 Å². The fourth-order valence-corrected chi connectivity index (χ4v) is 8.48. The van der Waals surface area contributed by atoms with Gasteiger partial charge in [-0.15, -0.1) is 0 Å². The molecule has 2 nitrogen and oxygen atoms in total. The van der Waals surface area contributed by atoms with Gasteiger partial charge in [0.1, 0.15) is 0 Å². The summed E-state index contributed by atoms with van der Waals surface area (Å²) in [5, 5.41) is 11.1. The van der Waals surface area contributed by atoms with E-state index < -0.39 is 18.2 Å². The second-order valence-electron chi connectivity index (χ2n) is 13.7. The Bertz CT molecular complexity index is 717. The fraction of sp³-hybridized carbons (Fsp3) is 0.938. The second kappa shape index (κ2) is 13.2. The zero-order valence-electron chi connectivity index (χ0n) is 23.7. The summed E-state index contributed by atoms with van der Waals surface area (Å²) in [7, 11) is 0. The van der Waals surface area contributed by atoms with Gasteiger partial charge in [-0.3, -0.25) is 0 Å². The zero-order chi connectivity index (χ0) is 26.6. The lowest BCUT2D eigenvalue weighted by molar-refractivity contribution is -0.200. The summed E-state index contributed by atoms with van der Waals surface area (Å²) in [6.45, 7) is 11.2. The number of hydrogen-bond donors (Lipinski definition) is 1. The maximum atomic E-state index is 14.3. The van der Waals surface area contributed by atoms with E-state index in [0.717, 1.165) is 32.1 Å². The van der Waals surface area contributed by atoms with Gasteiger partial charge in [0.05, 0.1) is 12.0 Å². The van der Waals surface area contributed by atoms with E-state index in [0.29, 0.717) is 42.2 Å². The highest BCUT2D eigenvalue weighted by Gasteiger charge is 2.48. The molecule has 0 amide bonds.